The molecule has 2 N–H and O–H groups in total. The topological polar surface area (TPSA) is 108 Å². The van der Waals surface area contributed by atoms with E-state index in [-0.39, 0.29) is 46.6 Å². The van der Waals surface area contributed by atoms with Gasteiger partial charge in [0.25, 0.3) is 5.91 Å². The largest absolute Gasteiger partial charge is 0.350 e. The van der Waals surface area contributed by atoms with Crippen molar-refractivity contribution in [1.82, 2.24) is 29.7 Å². The summed E-state index contributed by atoms with van der Waals surface area (Å²) in [6.07, 6.45) is 8.85. The predicted molar refractivity (Wildman–Crippen MR) is 196 cm³/mol. The van der Waals surface area contributed by atoms with Crippen molar-refractivity contribution in [2.24, 2.45) is 0 Å². The van der Waals surface area contributed by atoms with Gasteiger partial charge in [-0.1, -0.05) is 18.0 Å². The molecule has 270 valence electrons. The third kappa shape index (κ3) is 5.93. The van der Waals surface area contributed by atoms with Gasteiger partial charge in [-0.25, -0.2) is 18.7 Å². The molecule has 2 fully saturated rings. The molecule has 10 nitrogen and oxygen atoms in total. The first kappa shape index (κ1) is 35.3. The molecular weight excluding hydrogens is 674 g/mol. The highest BCUT2D eigenvalue weighted by atomic mass is 35.5. The molecule has 0 radical (unpaired) electrons. The van der Waals surface area contributed by atoms with E-state index in [1.165, 1.54) is 25.3 Å². The molecule has 3 aromatic heterocycles. The van der Waals surface area contributed by atoms with Gasteiger partial charge in [0.1, 0.15) is 5.52 Å². The number of pyridine rings is 2. The monoisotopic (exact) mass is 718 g/mol. The van der Waals surface area contributed by atoms with Crippen LogP contribution in [0.2, 0.25) is 5.02 Å². The summed E-state index contributed by atoms with van der Waals surface area (Å²) >= 11 is 6.11. The van der Waals surface area contributed by atoms with Crippen LogP contribution in [0.5, 0.6) is 0 Å². The number of nitrogens with one attached hydrogen (secondary N) is 2. The molecule has 13 heteroatoms. The number of imidazole rings is 1. The molecule has 0 bridgehead atoms. The normalized spacial score (nSPS) is 21.8. The maximum Gasteiger partial charge on any atom is 0.253 e. The highest BCUT2D eigenvalue weighted by Gasteiger charge is 2.54. The molecule has 5 heterocycles. The van der Waals surface area contributed by atoms with Gasteiger partial charge in [-0.2, -0.15) is 0 Å². The van der Waals surface area contributed by atoms with Crippen LogP contribution in [-0.2, 0) is 10.2 Å². The molecule has 2 aliphatic heterocycles. The van der Waals surface area contributed by atoms with Gasteiger partial charge in [-0.05, 0) is 105 Å². The van der Waals surface area contributed by atoms with Gasteiger partial charge >= 0.3 is 0 Å². The second-order valence-electron chi connectivity index (χ2n) is 15.6. The zero-order chi connectivity index (χ0) is 36.6. The summed E-state index contributed by atoms with van der Waals surface area (Å²) in [6.45, 7) is 15.8. The van der Waals surface area contributed by atoms with Crippen LogP contribution in [0, 0.1) is 11.6 Å². The summed E-state index contributed by atoms with van der Waals surface area (Å²) < 4.78 is 32.5. The van der Waals surface area contributed by atoms with Gasteiger partial charge in [0.05, 0.1) is 50.6 Å². The van der Waals surface area contributed by atoms with Crippen molar-refractivity contribution in [2.75, 3.05) is 23.3 Å². The number of halogens is 3. The molecule has 7 rings (SSSR count). The van der Waals surface area contributed by atoms with Gasteiger partial charge in [0, 0.05) is 35.4 Å². The van der Waals surface area contributed by atoms with Crippen LogP contribution in [0.1, 0.15) is 103 Å². The van der Waals surface area contributed by atoms with Gasteiger partial charge in [-0.3, -0.25) is 19.5 Å². The van der Waals surface area contributed by atoms with Crippen molar-refractivity contribution in [3.05, 3.63) is 58.6 Å². The summed E-state index contributed by atoms with van der Waals surface area (Å²) in [5.74, 6) is -2.99. The fourth-order valence-electron chi connectivity index (χ4n) is 7.98. The van der Waals surface area contributed by atoms with E-state index in [1.807, 2.05) is 49.3 Å². The van der Waals surface area contributed by atoms with Crippen molar-refractivity contribution in [2.45, 2.75) is 110 Å². The second kappa shape index (κ2) is 12.8. The Bertz CT molecular complexity index is 2050. The minimum absolute atomic E-state index is 0.0341. The van der Waals surface area contributed by atoms with Crippen LogP contribution in [0.4, 0.5) is 26.0 Å². The van der Waals surface area contributed by atoms with Gasteiger partial charge in [0.15, 0.2) is 17.5 Å². The van der Waals surface area contributed by atoms with Crippen LogP contribution in [0.3, 0.4) is 0 Å². The first-order valence-electron chi connectivity index (χ1n) is 17.8. The third-order valence-corrected chi connectivity index (χ3v) is 11.1. The molecule has 1 saturated heterocycles. The zero-order valence-corrected chi connectivity index (χ0v) is 31.0. The number of carbonyl (C=O) groups is 2. The minimum Gasteiger partial charge on any atom is -0.350 e. The summed E-state index contributed by atoms with van der Waals surface area (Å²) in [4.78, 5) is 45.8. The standard InChI is InChI=1S/C38H45ClF2N8O2/c1-20(2)44-35(50)24-14-26(30(40)31(41)29(24)39)46-34-32-27(43-19-48(32)21(3)4)15-25(45-34)22-13-28-33(42-18-22)37(5,6)36(51)49(28)23-16-38(7,17-23)47-11-9-8-10-12-47/h13-15,18-21,23H,8-12,16-17H2,1-7H3,(H,44,50)(H,45,46). The number of carbonyl (C=O) groups excluding carboxylic acids is 2. The highest BCUT2D eigenvalue weighted by Crippen LogP contribution is 2.50. The van der Waals surface area contributed by atoms with Crippen molar-refractivity contribution in [1.29, 1.82) is 0 Å². The Morgan fingerprint density at radius 1 is 1.00 bits per heavy atom. The van der Waals surface area contributed by atoms with Crippen molar-refractivity contribution in [3.8, 4) is 11.3 Å². The van der Waals surface area contributed by atoms with Gasteiger partial charge < -0.3 is 20.1 Å². The summed E-state index contributed by atoms with van der Waals surface area (Å²) in [7, 11) is 0. The first-order valence-corrected chi connectivity index (χ1v) is 18.2. The summed E-state index contributed by atoms with van der Waals surface area (Å²) in [5, 5.41) is 5.04. The van der Waals surface area contributed by atoms with Crippen LogP contribution < -0.4 is 15.5 Å². The Labute approximate surface area is 302 Å². The van der Waals surface area contributed by atoms with E-state index >= 15 is 8.78 Å². The van der Waals surface area contributed by atoms with Gasteiger partial charge in [-0.15, -0.1) is 0 Å². The Balaban J connectivity index is 1.29. The third-order valence-electron chi connectivity index (χ3n) is 10.8. The maximum atomic E-state index is 15.5. The number of piperidine rings is 1. The van der Waals surface area contributed by atoms with Crippen molar-refractivity contribution in [3.63, 3.8) is 0 Å². The van der Waals surface area contributed by atoms with E-state index in [2.05, 4.69) is 27.4 Å². The molecule has 2 amide bonds. The number of rotatable bonds is 8. The Morgan fingerprint density at radius 2 is 1.71 bits per heavy atom. The van der Waals surface area contributed by atoms with Crippen LogP contribution in [0.15, 0.2) is 30.7 Å². The lowest BCUT2D eigenvalue weighted by molar-refractivity contribution is -0.123. The van der Waals surface area contributed by atoms with Gasteiger partial charge in [0.2, 0.25) is 5.91 Å². The molecule has 0 unspecified atom stereocenters. The molecular formula is C38H45ClF2N8O2. The molecule has 1 saturated carbocycles. The quantitative estimate of drug-likeness (QED) is 0.178. The fraction of sp³-hybridized carbons (Fsp3) is 0.500. The predicted octanol–water partition coefficient (Wildman–Crippen LogP) is 7.92. The lowest BCUT2D eigenvalue weighted by Crippen LogP contribution is -2.64. The molecule has 4 aromatic rings. The average molecular weight is 719 g/mol. The lowest BCUT2D eigenvalue weighted by atomic mass is 9.71. The maximum absolute atomic E-state index is 15.5. The number of hydrogen-bond donors (Lipinski definition) is 2. The number of hydrogen-bond acceptors (Lipinski definition) is 7. The van der Waals surface area contributed by atoms with Crippen molar-refractivity contribution >= 4 is 51.6 Å². The molecule has 51 heavy (non-hydrogen) atoms. The molecule has 0 atom stereocenters. The van der Waals surface area contributed by atoms with Crippen molar-refractivity contribution < 1.29 is 18.4 Å². The second-order valence-corrected chi connectivity index (χ2v) is 16.0. The Kier molecular flexibility index (Phi) is 8.85. The fourth-order valence-corrected chi connectivity index (χ4v) is 8.20. The highest BCUT2D eigenvalue weighted by molar-refractivity contribution is 6.34. The number of fused-ring (bicyclic) bond motifs is 2. The molecule has 1 aliphatic carbocycles. The smallest absolute Gasteiger partial charge is 0.253 e. The van der Waals surface area contributed by atoms with E-state index in [0.717, 1.165) is 37.3 Å². The molecule has 3 aliphatic rings. The van der Waals surface area contributed by atoms with E-state index in [0.29, 0.717) is 22.3 Å². The van der Waals surface area contributed by atoms with E-state index in [1.54, 1.807) is 26.4 Å². The van der Waals surface area contributed by atoms with E-state index in [9.17, 15) is 9.59 Å². The Morgan fingerprint density at radius 3 is 2.37 bits per heavy atom. The first-order chi connectivity index (χ1) is 24.1. The number of likely N-dealkylation sites (tertiary alicyclic amines) is 1. The summed E-state index contributed by atoms with van der Waals surface area (Å²) in [5.41, 5.74) is 2.50. The number of aromatic nitrogens is 4. The SMILES string of the molecule is CC(C)NC(=O)c1cc(Nc2nc(-c3cnc4c(c3)N(C3CC(C)(N5CCCCC5)C3)C(=O)C4(C)C)cc3ncn(C(C)C)c23)c(F)c(F)c1Cl. The molecule has 0 spiro atoms. The van der Waals surface area contributed by atoms with Crippen LogP contribution >= 0.6 is 11.6 Å². The zero-order valence-electron chi connectivity index (χ0n) is 30.2. The number of anilines is 3. The minimum atomic E-state index is -1.34. The van der Waals surface area contributed by atoms with E-state index < -0.39 is 28.0 Å². The van der Waals surface area contributed by atoms with Crippen LogP contribution in [-0.4, -0.2) is 66.9 Å². The number of nitrogens with zero attached hydrogens (tertiary/aromatic N) is 6. The lowest BCUT2D eigenvalue weighted by Gasteiger charge is -2.55. The number of amides is 2. The average Bonchev–Trinajstić information content (AvgIpc) is 3.60. The summed E-state index contributed by atoms with van der Waals surface area (Å²) in [6, 6.07) is 4.74. The van der Waals surface area contributed by atoms with Crippen LogP contribution in [0.25, 0.3) is 22.3 Å². The Hall–Kier alpha value is -4.16. The number of benzene rings is 1. The van der Waals surface area contributed by atoms with E-state index in [4.69, 9.17) is 21.6 Å². The molecule has 1 aromatic carbocycles.